The number of aliphatic hydroxyl groups is 3. The van der Waals surface area contributed by atoms with Gasteiger partial charge < -0.3 is 41.7 Å². The second-order valence-electron chi connectivity index (χ2n) is 12.4. The summed E-state index contributed by atoms with van der Waals surface area (Å²) >= 11 is 0. The largest absolute Gasteiger partial charge is 0.508 e. The Morgan fingerprint density at radius 2 is 1.81 bits per heavy atom. The molecule has 4 atom stereocenters. The van der Waals surface area contributed by atoms with Crippen LogP contribution >= 0.6 is 0 Å². The van der Waals surface area contributed by atoms with Gasteiger partial charge in [0.05, 0.1) is 11.6 Å². The van der Waals surface area contributed by atoms with Crippen molar-refractivity contribution in [2.45, 2.75) is 43.9 Å². The molecule has 5 rings (SSSR count). The van der Waals surface area contributed by atoms with Gasteiger partial charge >= 0.3 is 0 Å². The highest BCUT2D eigenvalue weighted by molar-refractivity contribution is 6.24. The fourth-order valence-corrected chi connectivity index (χ4v) is 7.38. The molecule has 0 bridgehead atoms. The third-order valence-corrected chi connectivity index (χ3v) is 9.47. The molecule has 8 N–H and O–H groups in total. The van der Waals surface area contributed by atoms with Crippen molar-refractivity contribution >= 4 is 28.9 Å². The van der Waals surface area contributed by atoms with Crippen LogP contribution in [0.4, 0.5) is 5.69 Å². The molecule has 228 valence electrons. The minimum absolute atomic E-state index is 0.0545. The van der Waals surface area contributed by atoms with Crippen molar-refractivity contribution in [3.8, 4) is 5.75 Å². The number of ketones is 2. The predicted molar refractivity (Wildman–Crippen MR) is 156 cm³/mol. The molecule has 4 aliphatic rings. The fraction of sp³-hybridized carbons (Fsp3) is 0.567. The molecule has 1 aromatic carbocycles. The lowest BCUT2D eigenvalue weighted by atomic mass is 9.57. The zero-order valence-corrected chi connectivity index (χ0v) is 24.5. The number of nitrogens with zero attached hydrogens (tertiary/aromatic N) is 2. The average Bonchev–Trinajstić information content (AvgIpc) is 2.92. The number of primary amides is 1. The number of phenolic OH excluding ortho intramolecular Hbond substituents is 1. The van der Waals surface area contributed by atoms with Crippen LogP contribution in [0.2, 0.25) is 0 Å². The van der Waals surface area contributed by atoms with Gasteiger partial charge in [-0.05, 0) is 82.9 Å². The number of carbonyl (C=O) groups excluding carboxylic acids is 3. The van der Waals surface area contributed by atoms with E-state index >= 15 is 0 Å². The highest BCUT2D eigenvalue weighted by Gasteiger charge is 2.64. The lowest BCUT2D eigenvalue weighted by molar-refractivity contribution is -0.153. The predicted octanol–water partition coefficient (Wildman–Crippen LogP) is 0.119. The van der Waals surface area contributed by atoms with Crippen molar-refractivity contribution in [1.29, 1.82) is 0 Å². The fourth-order valence-electron chi connectivity index (χ4n) is 7.38. The molecule has 1 amide bonds. The first-order valence-corrected chi connectivity index (χ1v) is 14.4. The van der Waals surface area contributed by atoms with Gasteiger partial charge in [-0.25, -0.2) is 0 Å². The Kier molecular flexibility index (Phi) is 7.86. The molecule has 1 saturated heterocycles. The van der Waals surface area contributed by atoms with E-state index in [0.717, 1.165) is 38.2 Å². The van der Waals surface area contributed by atoms with Gasteiger partial charge in [-0.15, -0.1) is 0 Å². The van der Waals surface area contributed by atoms with Crippen molar-refractivity contribution in [2.75, 3.05) is 52.7 Å². The molecular formula is C30H41N5O7. The van der Waals surface area contributed by atoms with Crippen LogP contribution in [0.1, 0.15) is 36.0 Å². The van der Waals surface area contributed by atoms with Crippen LogP contribution in [-0.2, 0) is 27.3 Å². The average molecular weight is 584 g/mol. The molecule has 12 nitrogen and oxygen atoms in total. The van der Waals surface area contributed by atoms with E-state index in [1.165, 1.54) is 4.90 Å². The molecule has 3 aliphatic carbocycles. The van der Waals surface area contributed by atoms with Gasteiger partial charge in [-0.3, -0.25) is 19.3 Å². The number of aromatic hydroxyl groups is 1. The van der Waals surface area contributed by atoms with Crippen molar-refractivity contribution in [2.24, 2.45) is 23.5 Å². The molecule has 0 aromatic heterocycles. The molecule has 1 aliphatic heterocycles. The second kappa shape index (κ2) is 11.0. The third kappa shape index (κ3) is 4.57. The van der Waals surface area contributed by atoms with Gasteiger partial charge in [0.25, 0.3) is 5.91 Å². The number of amides is 1. The molecular weight excluding hydrogens is 542 g/mol. The summed E-state index contributed by atoms with van der Waals surface area (Å²) in [5.74, 6) is -5.98. The molecule has 1 aromatic rings. The van der Waals surface area contributed by atoms with Gasteiger partial charge in [0.15, 0.2) is 11.4 Å². The van der Waals surface area contributed by atoms with Crippen LogP contribution in [0.25, 0.3) is 5.76 Å². The quantitative estimate of drug-likeness (QED) is 0.216. The number of rotatable bonds is 7. The van der Waals surface area contributed by atoms with Gasteiger partial charge in [0.2, 0.25) is 5.78 Å². The minimum atomic E-state index is -2.65. The number of benzene rings is 1. The van der Waals surface area contributed by atoms with Crippen LogP contribution < -0.4 is 21.3 Å². The maximum Gasteiger partial charge on any atom is 0.255 e. The molecule has 42 heavy (non-hydrogen) atoms. The standard InChI is InChI=1S/C30H41N5O7/c1-34(2)19-11-16(13-33-12-14-5-7-32-8-6-14)24(36)21-17(19)9-15-10-18-23(35(3)4)26(38)22(29(31)41)28(40)30(18,42)27(39)20(15)25(21)37/h11,14-15,18,23,32-33,36-37,40,42H,5-10,12-13H2,1-4H3,(H2,31,41)/t15-,18-,23?,30-/m0/s1. The first kappa shape index (κ1) is 30.0. The van der Waals surface area contributed by atoms with Gasteiger partial charge in [0, 0.05) is 43.4 Å². The third-order valence-electron chi connectivity index (χ3n) is 9.47. The van der Waals surface area contributed by atoms with E-state index < -0.39 is 58.0 Å². The molecule has 1 unspecified atom stereocenters. The lowest BCUT2D eigenvalue weighted by Crippen LogP contribution is -2.65. The molecule has 0 spiro atoms. The Morgan fingerprint density at radius 3 is 2.40 bits per heavy atom. The molecule has 2 fully saturated rings. The molecule has 0 radical (unpaired) electrons. The smallest absolute Gasteiger partial charge is 0.255 e. The van der Waals surface area contributed by atoms with Crippen LogP contribution in [0.3, 0.4) is 0 Å². The number of hydrogen-bond acceptors (Lipinski definition) is 11. The van der Waals surface area contributed by atoms with E-state index in [1.807, 2.05) is 25.1 Å². The summed E-state index contributed by atoms with van der Waals surface area (Å²) in [5, 5.41) is 52.7. The van der Waals surface area contributed by atoms with E-state index in [1.54, 1.807) is 14.1 Å². The van der Waals surface area contributed by atoms with E-state index in [0.29, 0.717) is 23.6 Å². The topological polar surface area (TPSA) is 189 Å². The summed E-state index contributed by atoms with van der Waals surface area (Å²) in [7, 11) is 6.87. The number of piperidine rings is 1. The van der Waals surface area contributed by atoms with E-state index in [-0.39, 0.29) is 29.7 Å². The van der Waals surface area contributed by atoms with Crippen LogP contribution in [0.15, 0.2) is 23.0 Å². The maximum absolute atomic E-state index is 14.1. The van der Waals surface area contributed by atoms with Crippen molar-refractivity contribution < 1.29 is 34.8 Å². The number of anilines is 1. The number of likely N-dealkylation sites (N-methyl/N-ethyl adjacent to an activating group) is 1. The van der Waals surface area contributed by atoms with Crippen molar-refractivity contribution in [3.63, 3.8) is 0 Å². The number of nitrogens with two attached hydrogens (primary N) is 1. The first-order chi connectivity index (χ1) is 19.8. The van der Waals surface area contributed by atoms with E-state index in [9.17, 15) is 34.8 Å². The zero-order valence-electron chi connectivity index (χ0n) is 24.5. The number of hydrogen-bond donors (Lipinski definition) is 7. The second-order valence-corrected chi connectivity index (χ2v) is 12.4. The van der Waals surface area contributed by atoms with Gasteiger partial charge in [-0.2, -0.15) is 0 Å². The Balaban J connectivity index is 1.60. The maximum atomic E-state index is 14.1. The summed E-state index contributed by atoms with van der Waals surface area (Å²) in [6, 6.07) is 0.765. The monoisotopic (exact) mass is 583 g/mol. The highest BCUT2D eigenvalue weighted by Crippen LogP contribution is 2.54. The normalized spacial score (nSPS) is 28.1. The Morgan fingerprint density at radius 1 is 1.14 bits per heavy atom. The van der Waals surface area contributed by atoms with E-state index in [4.69, 9.17) is 5.73 Å². The summed E-state index contributed by atoms with van der Waals surface area (Å²) in [4.78, 5) is 42.9. The van der Waals surface area contributed by atoms with Gasteiger partial charge in [-0.1, -0.05) is 0 Å². The van der Waals surface area contributed by atoms with E-state index in [2.05, 4.69) is 10.6 Å². The molecule has 12 heteroatoms. The molecule has 1 saturated carbocycles. The number of nitrogens with one attached hydrogen (secondary N) is 2. The Labute approximate surface area is 244 Å². The Bertz CT molecular complexity index is 1390. The van der Waals surface area contributed by atoms with Crippen LogP contribution in [0.5, 0.6) is 5.75 Å². The van der Waals surface area contributed by atoms with Crippen molar-refractivity contribution in [1.82, 2.24) is 15.5 Å². The van der Waals surface area contributed by atoms with Crippen molar-refractivity contribution in [3.05, 3.63) is 39.7 Å². The zero-order chi connectivity index (χ0) is 30.7. The lowest BCUT2D eigenvalue weighted by Gasteiger charge is -2.50. The number of phenols is 1. The summed E-state index contributed by atoms with van der Waals surface area (Å²) in [6.45, 7) is 3.06. The summed E-state index contributed by atoms with van der Waals surface area (Å²) in [6.07, 6.45) is 2.42. The Hall–Kier alpha value is -3.45. The van der Waals surface area contributed by atoms with Crippen LogP contribution in [-0.4, -0.2) is 102 Å². The number of carbonyl (C=O) groups is 3. The highest BCUT2D eigenvalue weighted by atomic mass is 16.3. The van der Waals surface area contributed by atoms with Crippen LogP contribution in [0, 0.1) is 17.8 Å². The summed E-state index contributed by atoms with van der Waals surface area (Å²) < 4.78 is 0. The number of aliphatic hydroxyl groups excluding tert-OH is 2. The number of Topliss-reactive ketones (excluding diaryl/α,β-unsaturated/α-hetero) is 2. The molecule has 1 heterocycles. The summed E-state index contributed by atoms with van der Waals surface area (Å²) in [5.41, 5.74) is 3.84. The first-order valence-electron chi connectivity index (χ1n) is 14.4. The SMILES string of the molecule is CN(C)c1cc(CNCC2CCNCC2)c(O)c2c1C[C@H]1C[C@H]3C(N(C)C)C(=O)C(C(N)=O)=C(O)[C@@]3(O)C(=O)C1=C2O. The number of fused-ring (bicyclic) bond motifs is 3. The minimum Gasteiger partial charge on any atom is -0.508 e. The van der Waals surface area contributed by atoms with Gasteiger partial charge in [0.1, 0.15) is 22.8 Å².